The third-order valence-electron chi connectivity index (χ3n) is 5.86. The van der Waals surface area contributed by atoms with Gasteiger partial charge in [0.1, 0.15) is 0 Å². The third kappa shape index (κ3) is 1.75. The number of nitrogens with one attached hydrogen (secondary N) is 1. The molecule has 3 aliphatic heterocycles. The van der Waals surface area contributed by atoms with E-state index in [9.17, 15) is 0 Å². The lowest BCUT2D eigenvalue weighted by Crippen LogP contribution is -2.66. The van der Waals surface area contributed by atoms with Crippen LogP contribution >= 0.6 is 0 Å². The fraction of sp³-hybridized carbons (Fsp3) is 1.00. The summed E-state index contributed by atoms with van der Waals surface area (Å²) in [7, 11) is 0. The summed E-state index contributed by atoms with van der Waals surface area (Å²) in [5.41, 5.74) is 0.369. The molecule has 2 bridgehead atoms. The lowest BCUT2D eigenvalue weighted by atomic mass is 9.87. The van der Waals surface area contributed by atoms with Gasteiger partial charge in [0, 0.05) is 30.7 Å². The van der Waals surface area contributed by atoms with Crippen LogP contribution in [0.1, 0.15) is 46.0 Å². The maximum Gasteiger partial charge on any atom is 0.0736 e. The normalized spacial score (nSPS) is 53.0. The smallest absolute Gasteiger partial charge is 0.0736 e. The third-order valence-corrected chi connectivity index (χ3v) is 5.86. The van der Waals surface area contributed by atoms with E-state index in [-0.39, 0.29) is 0 Å². The molecular weight excluding hydrogens is 224 g/mol. The van der Waals surface area contributed by atoms with Crippen molar-refractivity contribution in [1.29, 1.82) is 0 Å². The van der Waals surface area contributed by atoms with Gasteiger partial charge in [-0.15, -0.1) is 0 Å². The van der Waals surface area contributed by atoms with Crippen LogP contribution in [0.2, 0.25) is 0 Å². The molecule has 3 nitrogen and oxygen atoms in total. The summed E-state index contributed by atoms with van der Waals surface area (Å²) in [6.45, 7) is 7.21. The van der Waals surface area contributed by atoms with Gasteiger partial charge in [-0.3, -0.25) is 4.90 Å². The summed E-state index contributed by atoms with van der Waals surface area (Å²) in [5.74, 6) is 0.923. The first-order valence-electron chi connectivity index (χ1n) is 7.82. The highest BCUT2D eigenvalue weighted by Gasteiger charge is 2.50. The summed E-state index contributed by atoms with van der Waals surface area (Å²) < 4.78 is 6.07. The summed E-state index contributed by atoms with van der Waals surface area (Å²) in [5, 5.41) is 3.82. The molecule has 3 heterocycles. The molecule has 1 N–H and O–H groups in total. The second-order valence-electron chi connectivity index (χ2n) is 7.27. The van der Waals surface area contributed by atoms with Gasteiger partial charge < -0.3 is 10.1 Å². The Morgan fingerprint density at radius 1 is 1.22 bits per heavy atom. The van der Waals surface area contributed by atoms with Gasteiger partial charge in [0.25, 0.3) is 0 Å². The molecular formula is C15H26N2O. The van der Waals surface area contributed by atoms with Crippen LogP contribution in [0.15, 0.2) is 0 Å². The standard InChI is InChI=1S/C15H26N2O/c1-10-8-16-15(2,11-3-4-11)9-17(10)13-7-12-5-6-14(13)18-12/h10-14,16H,3-9H2,1-2H3. The molecule has 1 aliphatic carbocycles. The van der Waals surface area contributed by atoms with Crippen LogP contribution < -0.4 is 5.32 Å². The Morgan fingerprint density at radius 2 is 2.06 bits per heavy atom. The van der Waals surface area contributed by atoms with E-state index in [4.69, 9.17) is 4.74 Å². The van der Waals surface area contributed by atoms with Crippen molar-refractivity contribution in [2.45, 2.75) is 75.8 Å². The highest BCUT2D eigenvalue weighted by Crippen LogP contribution is 2.44. The lowest BCUT2D eigenvalue weighted by Gasteiger charge is -2.49. The quantitative estimate of drug-likeness (QED) is 0.808. The Hall–Kier alpha value is -0.120. The number of hydrogen-bond donors (Lipinski definition) is 1. The fourth-order valence-electron chi connectivity index (χ4n) is 4.49. The van der Waals surface area contributed by atoms with Crippen LogP contribution in [0.4, 0.5) is 0 Å². The number of nitrogens with zero attached hydrogens (tertiary/aromatic N) is 1. The molecule has 0 amide bonds. The number of hydrogen-bond acceptors (Lipinski definition) is 3. The molecule has 0 radical (unpaired) electrons. The largest absolute Gasteiger partial charge is 0.373 e. The van der Waals surface area contributed by atoms with Crippen molar-refractivity contribution in [1.82, 2.24) is 10.2 Å². The zero-order chi connectivity index (χ0) is 12.3. The molecule has 18 heavy (non-hydrogen) atoms. The minimum atomic E-state index is 0.369. The number of rotatable bonds is 2. The van der Waals surface area contributed by atoms with Gasteiger partial charge in [-0.1, -0.05) is 0 Å². The fourth-order valence-corrected chi connectivity index (χ4v) is 4.49. The molecule has 3 saturated heterocycles. The highest BCUT2D eigenvalue weighted by molar-refractivity contribution is 5.07. The topological polar surface area (TPSA) is 24.5 Å². The molecule has 4 aliphatic rings. The van der Waals surface area contributed by atoms with Crippen LogP contribution in [-0.2, 0) is 4.74 Å². The van der Waals surface area contributed by atoms with E-state index < -0.39 is 0 Å². The van der Waals surface area contributed by atoms with E-state index in [1.807, 2.05) is 0 Å². The number of fused-ring (bicyclic) bond motifs is 2. The van der Waals surface area contributed by atoms with E-state index in [0.717, 1.165) is 12.5 Å². The van der Waals surface area contributed by atoms with E-state index >= 15 is 0 Å². The van der Waals surface area contributed by atoms with Gasteiger partial charge in [-0.05, 0) is 51.9 Å². The van der Waals surface area contributed by atoms with Gasteiger partial charge in [0.2, 0.25) is 0 Å². The van der Waals surface area contributed by atoms with E-state index in [2.05, 4.69) is 24.1 Å². The zero-order valence-corrected chi connectivity index (χ0v) is 11.7. The summed E-state index contributed by atoms with van der Waals surface area (Å²) >= 11 is 0. The van der Waals surface area contributed by atoms with E-state index in [1.165, 1.54) is 38.6 Å². The second-order valence-corrected chi connectivity index (χ2v) is 7.27. The van der Waals surface area contributed by atoms with Crippen LogP contribution in [0, 0.1) is 5.92 Å². The average Bonchev–Trinajstić information content (AvgIpc) is 3.03. The first-order chi connectivity index (χ1) is 8.66. The Balaban J connectivity index is 1.51. The van der Waals surface area contributed by atoms with Gasteiger partial charge in [0.05, 0.1) is 12.2 Å². The van der Waals surface area contributed by atoms with Crippen LogP contribution in [-0.4, -0.2) is 47.8 Å². The first kappa shape index (κ1) is 11.7. The second kappa shape index (κ2) is 3.94. The SMILES string of the molecule is CC1CNC(C)(C2CC2)CN1C1CC2CCC1O2. The predicted molar refractivity (Wildman–Crippen MR) is 71.6 cm³/mol. The monoisotopic (exact) mass is 250 g/mol. The lowest BCUT2D eigenvalue weighted by molar-refractivity contribution is 0.0118. The minimum absolute atomic E-state index is 0.369. The van der Waals surface area contributed by atoms with Crippen LogP contribution in [0.3, 0.4) is 0 Å². The highest BCUT2D eigenvalue weighted by atomic mass is 16.5. The maximum absolute atomic E-state index is 6.07. The molecule has 0 aromatic carbocycles. The van der Waals surface area contributed by atoms with E-state index in [0.29, 0.717) is 29.8 Å². The molecule has 1 saturated carbocycles. The Kier molecular flexibility index (Phi) is 2.56. The Bertz CT molecular complexity index is 343. The van der Waals surface area contributed by atoms with Crippen LogP contribution in [0.5, 0.6) is 0 Å². The zero-order valence-electron chi connectivity index (χ0n) is 11.7. The van der Waals surface area contributed by atoms with E-state index in [1.54, 1.807) is 0 Å². The van der Waals surface area contributed by atoms with Crippen molar-refractivity contribution >= 4 is 0 Å². The molecule has 4 rings (SSSR count). The van der Waals surface area contributed by atoms with Gasteiger partial charge >= 0.3 is 0 Å². The molecule has 3 heteroatoms. The molecule has 0 spiro atoms. The van der Waals surface area contributed by atoms with Crippen molar-refractivity contribution in [2.75, 3.05) is 13.1 Å². The molecule has 0 aromatic heterocycles. The van der Waals surface area contributed by atoms with Crippen molar-refractivity contribution < 1.29 is 4.74 Å². The summed E-state index contributed by atoms with van der Waals surface area (Å²) in [4.78, 5) is 2.78. The molecule has 0 aromatic rings. The van der Waals surface area contributed by atoms with Crippen molar-refractivity contribution in [2.24, 2.45) is 5.92 Å². The molecule has 5 atom stereocenters. The Morgan fingerprint density at radius 3 is 2.67 bits per heavy atom. The molecule has 4 fully saturated rings. The number of ether oxygens (including phenoxy) is 1. The van der Waals surface area contributed by atoms with Gasteiger partial charge in [-0.2, -0.15) is 0 Å². The predicted octanol–water partition coefficient (Wildman–Crippen LogP) is 1.77. The van der Waals surface area contributed by atoms with Crippen molar-refractivity contribution in [3.8, 4) is 0 Å². The Labute approximate surface area is 110 Å². The maximum atomic E-state index is 6.07. The molecule has 102 valence electrons. The minimum Gasteiger partial charge on any atom is -0.373 e. The average molecular weight is 250 g/mol. The number of piperazine rings is 1. The van der Waals surface area contributed by atoms with Crippen molar-refractivity contribution in [3.63, 3.8) is 0 Å². The van der Waals surface area contributed by atoms with Gasteiger partial charge in [-0.25, -0.2) is 0 Å². The van der Waals surface area contributed by atoms with Crippen molar-refractivity contribution in [3.05, 3.63) is 0 Å². The first-order valence-corrected chi connectivity index (χ1v) is 7.82. The summed E-state index contributed by atoms with van der Waals surface area (Å²) in [6.07, 6.45) is 7.87. The van der Waals surface area contributed by atoms with Gasteiger partial charge in [0.15, 0.2) is 0 Å². The summed E-state index contributed by atoms with van der Waals surface area (Å²) in [6, 6.07) is 1.38. The van der Waals surface area contributed by atoms with Crippen LogP contribution in [0.25, 0.3) is 0 Å². The molecule has 5 unspecified atom stereocenters.